The molecule has 138 valence electrons. The van der Waals surface area contributed by atoms with Crippen LogP contribution in [-0.2, 0) is 4.79 Å². The van der Waals surface area contributed by atoms with Crippen molar-refractivity contribution < 1.29 is 18.3 Å². The smallest absolute Gasteiger partial charge is 0.387 e. The van der Waals surface area contributed by atoms with Crippen LogP contribution < -0.4 is 15.8 Å². The molecule has 5 nitrogen and oxygen atoms in total. The molecule has 0 spiro atoms. The first-order valence-corrected chi connectivity index (χ1v) is 8.25. The van der Waals surface area contributed by atoms with Gasteiger partial charge >= 0.3 is 6.61 Å². The number of amides is 1. The standard InChI is InChI=1S/C16H19F2N3O2S.ClH/c1-9(19)3-8-13(22)20-16-21-14(10(2)24-16)11-4-6-12(7-5-11)23-15(17)18;/h4-7,9,15H,3,8,19H2,1-2H3,(H,20,21,22);1H. The molecule has 0 aliphatic carbocycles. The Bertz CT molecular complexity index is 693. The highest BCUT2D eigenvalue weighted by Crippen LogP contribution is 2.31. The van der Waals surface area contributed by atoms with E-state index in [-0.39, 0.29) is 30.1 Å². The number of benzene rings is 1. The number of anilines is 1. The zero-order chi connectivity index (χ0) is 17.7. The van der Waals surface area contributed by atoms with Gasteiger partial charge in [0, 0.05) is 22.9 Å². The van der Waals surface area contributed by atoms with E-state index in [4.69, 9.17) is 5.73 Å². The fourth-order valence-corrected chi connectivity index (χ4v) is 2.90. The van der Waals surface area contributed by atoms with Crippen LogP contribution in [0.3, 0.4) is 0 Å². The predicted octanol–water partition coefficient (Wildman–Crippen LogP) is 4.21. The lowest BCUT2D eigenvalue weighted by molar-refractivity contribution is -0.116. The number of ether oxygens (including phenoxy) is 1. The summed E-state index contributed by atoms with van der Waals surface area (Å²) < 4.78 is 28.7. The molecule has 0 aliphatic rings. The van der Waals surface area contributed by atoms with Crippen molar-refractivity contribution in [3.63, 3.8) is 0 Å². The Morgan fingerprint density at radius 3 is 2.56 bits per heavy atom. The van der Waals surface area contributed by atoms with Gasteiger partial charge in [-0.15, -0.1) is 23.7 Å². The number of nitrogens with two attached hydrogens (primary N) is 1. The van der Waals surface area contributed by atoms with Crippen LogP contribution >= 0.6 is 23.7 Å². The van der Waals surface area contributed by atoms with Crippen LogP contribution in [-0.4, -0.2) is 23.5 Å². The lowest BCUT2D eigenvalue weighted by Gasteiger charge is -2.05. The van der Waals surface area contributed by atoms with Crippen molar-refractivity contribution in [2.45, 2.75) is 39.3 Å². The quantitative estimate of drug-likeness (QED) is 0.741. The fraction of sp³-hybridized carbons (Fsp3) is 0.375. The number of halogens is 3. The van der Waals surface area contributed by atoms with Crippen LogP contribution in [0.1, 0.15) is 24.6 Å². The van der Waals surface area contributed by atoms with Gasteiger partial charge in [0.2, 0.25) is 5.91 Å². The van der Waals surface area contributed by atoms with E-state index >= 15 is 0 Å². The van der Waals surface area contributed by atoms with Gasteiger partial charge in [-0.1, -0.05) is 0 Å². The largest absolute Gasteiger partial charge is 0.435 e. The third-order valence-corrected chi connectivity index (χ3v) is 4.11. The Morgan fingerprint density at radius 1 is 1.36 bits per heavy atom. The zero-order valence-electron chi connectivity index (χ0n) is 13.8. The normalized spacial score (nSPS) is 11.8. The minimum absolute atomic E-state index is 0. The minimum atomic E-state index is -2.85. The van der Waals surface area contributed by atoms with Gasteiger partial charge in [-0.25, -0.2) is 4.98 Å². The Balaban J connectivity index is 0.00000312. The molecule has 3 N–H and O–H groups in total. The van der Waals surface area contributed by atoms with Crippen molar-refractivity contribution in [2.75, 3.05) is 5.32 Å². The molecule has 0 saturated heterocycles. The van der Waals surface area contributed by atoms with Crippen LogP contribution in [0.2, 0.25) is 0 Å². The first-order chi connectivity index (χ1) is 11.3. The van der Waals surface area contributed by atoms with E-state index in [9.17, 15) is 13.6 Å². The molecular formula is C16H20ClF2N3O2S. The first-order valence-electron chi connectivity index (χ1n) is 7.43. The maximum absolute atomic E-state index is 12.2. The molecule has 0 radical (unpaired) electrons. The van der Waals surface area contributed by atoms with Gasteiger partial charge in [-0.3, -0.25) is 4.79 Å². The topological polar surface area (TPSA) is 77.2 Å². The molecule has 1 aromatic carbocycles. The van der Waals surface area contributed by atoms with Gasteiger partial charge in [0.05, 0.1) is 5.69 Å². The van der Waals surface area contributed by atoms with Gasteiger partial charge in [-0.2, -0.15) is 8.78 Å². The first kappa shape index (κ1) is 21.3. The maximum Gasteiger partial charge on any atom is 0.387 e. The molecule has 1 atom stereocenters. The molecule has 1 heterocycles. The number of nitrogens with one attached hydrogen (secondary N) is 1. The number of rotatable bonds is 7. The van der Waals surface area contributed by atoms with Crippen molar-refractivity contribution in [3.8, 4) is 17.0 Å². The van der Waals surface area contributed by atoms with Crippen molar-refractivity contribution in [3.05, 3.63) is 29.1 Å². The summed E-state index contributed by atoms with van der Waals surface area (Å²) in [6.45, 7) is 0.879. The van der Waals surface area contributed by atoms with E-state index in [1.165, 1.54) is 23.5 Å². The molecular weight excluding hydrogens is 372 g/mol. The van der Waals surface area contributed by atoms with E-state index in [2.05, 4.69) is 15.0 Å². The molecule has 1 unspecified atom stereocenters. The summed E-state index contributed by atoms with van der Waals surface area (Å²) in [4.78, 5) is 17.2. The lowest BCUT2D eigenvalue weighted by atomic mass is 10.1. The third kappa shape index (κ3) is 6.56. The van der Waals surface area contributed by atoms with Crippen LogP contribution in [0, 0.1) is 6.92 Å². The van der Waals surface area contributed by atoms with Crippen molar-refractivity contribution >= 4 is 34.8 Å². The monoisotopic (exact) mass is 391 g/mol. The summed E-state index contributed by atoms with van der Waals surface area (Å²) in [6, 6.07) is 6.20. The van der Waals surface area contributed by atoms with Crippen molar-refractivity contribution in [1.29, 1.82) is 0 Å². The van der Waals surface area contributed by atoms with E-state index < -0.39 is 6.61 Å². The molecule has 1 amide bonds. The van der Waals surface area contributed by atoms with Gasteiger partial charge in [-0.05, 0) is 44.5 Å². The number of hydrogen-bond donors (Lipinski definition) is 2. The maximum atomic E-state index is 12.2. The van der Waals surface area contributed by atoms with E-state index in [1.807, 2.05) is 13.8 Å². The summed E-state index contributed by atoms with van der Waals surface area (Å²) >= 11 is 1.36. The number of hydrogen-bond acceptors (Lipinski definition) is 5. The second-order valence-corrected chi connectivity index (χ2v) is 6.59. The highest BCUT2D eigenvalue weighted by molar-refractivity contribution is 7.16. The number of alkyl halides is 2. The molecule has 0 fully saturated rings. The molecule has 25 heavy (non-hydrogen) atoms. The summed E-state index contributed by atoms with van der Waals surface area (Å²) in [6.07, 6.45) is 0.944. The lowest BCUT2D eigenvalue weighted by Crippen LogP contribution is -2.19. The van der Waals surface area contributed by atoms with Crippen LogP contribution in [0.4, 0.5) is 13.9 Å². The Labute approximate surface area is 155 Å². The molecule has 0 saturated carbocycles. The number of aromatic nitrogens is 1. The predicted molar refractivity (Wildman–Crippen MR) is 97.7 cm³/mol. The van der Waals surface area contributed by atoms with E-state index in [0.29, 0.717) is 23.7 Å². The molecule has 0 aliphatic heterocycles. The van der Waals surface area contributed by atoms with Crippen LogP contribution in [0.25, 0.3) is 11.3 Å². The fourth-order valence-electron chi connectivity index (χ4n) is 2.05. The second kappa shape index (κ2) is 9.65. The average Bonchev–Trinajstić information content (AvgIpc) is 2.86. The number of carbonyl (C=O) groups excluding carboxylic acids is 1. The van der Waals surface area contributed by atoms with Crippen molar-refractivity contribution in [2.24, 2.45) is 5.73 Å². The third-order valence-electron chi connectivity index (χ3n) is 3.22. The molecule has 1 aromatic heterocycles. The van der Waals surface area contributed by atoms with E-state index in [0.717, 1.165) is 10.4 Å². The summed E-state index contributed by atoms with van der Waals surface area (Å²) in [5.74, 6) is -0.0423. The SMILES string of the molecule is Cc1sc(NC(=O)CCC(C)N)nc1-c1ccc(OC(F)F)cc1.Cl. The van der Waals surface area contributed by atoms with Gasteiger partial charge < -0.3 is 15.8 Å². The minimum Gasteiger partial charge on any atom is -0.435 e. The second-order valence-electron chi connectivity index (χ2n) is 5.39. The summed E-state index contributed by atoms with van der Waals surface area (Å²) in [5.41, 5.74) is 7.10. The van der Waals surface area contributed by atoms with Crippen LogP contribution in [0.5, 0.6) is 5.75 Å². The van der Waals surface area contributed by atoms with Gasteiger partial charge in [0.1, 0.15) is 5.75 Å². The molecule has 9 heteroatoms. The Morgan fingerprint density at radius 2 is 2.00 bits per heavy atom. The zero-order valence-corrected chi connectivity index (χ0v) is 15.4. The van der Waals surface area contributed by atoms with Gasteiger partial charge in [0.15, 0.2) is 5.13 Å². The van der Waals surface area contributed by atoms with Crippen molar-refractivity contribution in [1.82, 2.24) is 4.98 Å². The molecule has 2 aromatic rings. The molecule has 2 rings (SSSR count). The Hall–Kier alpha value is -1.77. The van der Waals surface area contributed by atoms with E-state index in [1.54, 1.807) is 12.1 Å². The highest BCUT2D eigenvalue weighted by atomic mass is 35.5. The molecule has 0 bridgehead atoms. The highest BCUT2D eigenvalue weighted by Gasteiger charge is 2.13. The summed E-state index contributed by atoms with van der Waals surface area (Å²) in [5, 5.41) is 3.26. The average molecular weight is 392 g/mol. The summed E-state index contributed by atoms with van der Waals surface area (Å²) in [7, 11) is 0. The number of nitrogens with zero attached hydrogens (tertiary/aromatic N) is 1. The van der Waals surface area contributed by atoms with Gasteiger partial charge in [0.25, 0.3) is 0 Å². The number of carbonyl (C=O) groups is 1. The number of aryl methyl sites for hydroxylation is 1. The number of thiazole rings is 1. The van der Waals surface area contributed by atoms with Crippen LogP contribution in [0.15, 0.2) is 24.3 Å². The Kier molecular flexibility index (Phi) is 8.21.